The van der Waals surface area contributed by atoms with Crippen molar-refractivity contribution in [3.05, 3.63) is 88.2 Å². The molecule has 0 aliphatic heterocycles. The number of hydrogen-bond acceptors (Lipinski definition) is 5. The number of sulfonamides is 1. The molecule has 3 aromatic rings. The predicted molar refractivity (Wildman–Crippen MR) is 175 cm³/mol. The van der Waals surface area contributed by atoms with Gasteiger partial charge in [-0.3, -0.25) is 13.9 Å². The highest BCUT2D eigenvalue weighted by Crippen LogP contribution is 2.29. The molecule has 0 radical (unpaired) electrons. The zero-order valence-electron chi connectivity index (χ0n) is 25.3. The molecule has 0 bridgehead atoms. The number of ether oxygens (including phenoxy) is 1. The lowest BCUT2D eigenvalue weighted by Crippen LogP contribution is -2.54. The summed E-state index contributed by atoms with van der Waals surface area (Å²) in [5, 5.41) is 3.71. The Hall–Kier alpha value is -3.34. The van der Waals surface area contributed by atoms with Gasteiger partial charge in [0, 0.05) is 28.2 Å². The highest BCUT2D eigenvalue weighted by Gasteiger charge is 2.35. The van der Waals surface area contributed by atoms with Gasteiger partial charge in [0.15, 0.2) is 0 Å². The van der Waals surface area contributed by atoms with E-state index in [2.05, 4.69) is 5.32 Å². The van der Waals surface area contributed by atoms with Crippen molar-refractivity contribution >= 4 is 50.7 Å². The maximum atomic E-state index is 14.3. The molecule has 1 N–H and O–H groups in total. The summed E-state index contributed by atoms with van der Waals surface area (Å²) in [5.41, 5.74) is 0.509. The number of hydrogen-bond donors (Lipinski definition) is 1. The van der Waals surface area contributed by atoms with Crippen LogP contribution in [0.2, 0.25) is 10.0 Å². The molecule has 0 aromatic heterocycles. The average molecular weight is 679 g/mol. The minimum atomic E-state index is -4.34. The first-order valence-electron chi connectivity index (χ1n) is 15.1. The van der Waals surface area contributed by atoms with Gasteiger partial charge in [0.05, 0.1) is 17.2 Å². The van der Waals surface area contributed by atoms with E-state index in [1.165, 1.54) is 41.3 Å². The smallest absolute Gasteiger partial charge is 0.264 e. The number of benzene rings is 3. The van der Waals surface area contributed by atoms with E-state index in [9.17, 15) is 22.4 Å². The van der Waals surface area contributed by atoms with Crippen LogP contribution in [0.5, 0.6) is 5.75 Å². The van der Waals surface area contributed by atoms with Crippen LogP contribution in [0.25, 0.3) is 0 Å². The number of halogens is 3. The van der Waals surface area contributed by atoms with E-state index >= 15 is 0 Å². The molecule has 0 saturated heterocycles. The number of anilines is 1. The van der Waals surface area contributed by atoms with Crippen molar-refractivity contribution in [2.45, 2.75) is 75.9 Å². The Morgan fingerprint density at radius 1 is 0.956 bits per heavy atom. The second kappa shape index (κ2) is 15.8. The van der Waals surface area contributed by atoms with Crippen LogP contribution >= 0.6 is 23.2 Å². The van der Waals surface area contributed by atoms with Gasteiger partial charge in [-0.05, 0) is 86.8 Å². The first-order valence-corrected chi connectivity index (χ1v) is 17.3. The quantitative estimate of drug-likeness (QED) is 0.211. The average Bonchev–Trinajstić information content (AvgIpc) is 3.02. The van der Waals surface area contributed by atoms with Crippen LogP contribution in [0.15, 0.2) is 71.6 Å². The predicted octanol–water partition coefficient (Wildman–Crippen LogP) is 6.98. The van der Waals surface area contributed by atoms with Crippen molar-refractivity contribution in [1.29, 1.82) is 0 Å². The van der Waals surface area contributed by atoms with E-state index in [0.29, 0.717) is 28.0 Å². The molecule has 1 fully saturated rings. The van der Waals surface area contributed by atoms with Crippen LogP contribution in [-0.2, 0) is 26.2 Å². The molecule has 2 amide bonds. The van der Waals surface area contributed by atoms with Gasteiger partial charge in [0.25, 0.3) is 10.0 Å². The molecular formula is C33H38Cl2FN3O5S. The molecule has 12 heteroatoms. The fourth-order valence-electron chi connectivity index (χ4n) is 5.46. The van der Waals surface area contributed by atoms with Gasteiger partial charge < -0.3 is 15.0 Å². The number of carbonyl (C=O) groups excluding carboxylic acids is 2. The zero-order valence-corrected chi connectivity index (χ0v) is 27.7. The van der Waals surface area contributed by atoms with Crippen molar-refractivity contribution in [2.75, 3.05) is 17.5 Å². The van der Waals surface area contributed by atoms with E-state index in [0.717, 1.165) is 48.5 Å². The Balaban J connectivity index is 1.73. The van der Waals surface area contributed by atoms with Gasteiger partial charge in [0.1, 0.15) is 24.2 Å². The fraction of sp³-hybridized carbons (Fsp3) is 0.394. The molecule has 1 aliphatic rings. The first-order chi connectivity index (χ1) is 21.5. The number of nitrogens with zero attached hydrogens (tertiary/aromatic N) is 2. The summed E-state index contributed by atoms with van der Waals surface area (Å²) in [6.45, 7) is 3.20. The maximum Gasteiger partial charge on any atom is 0.264 e. The summed E-state index contributed by atoms with van der Waals surface area (Å²) in [5.74, 6) is -1.07. The van der Waals surface area contributed by atoms with E-state index in [4.69, 9.17) is 27.9 Å². The molecule has 1 atom stereocenters. The van der Waals surface area contributed by atoms with Crippen molar-refractivity contribution in [3.63, 3.8) is 0 Å². The van der Waals surface area contributed by atoms with Gasteiger partial charge in [-0.15, -0.1) is 0 Å². The monoisotopic (exact) mass is 677 g/mol. The van der Waals surface area contributed by atoms with Crippen LogP contribution in [0.3, 0.4) is 0 Å². The Morgan fingerprint density at radius 3 is 2.16 bits per heavy atom. The molecule has 4 rings (SSSR count). The molecule has 1 aliphatic carbocycles. The standard InChI is InChI=1S/C33H38Cl2FN3O5S/c1-3-31(33(41)37-24-9-6-5-7-10-24)38(21-28-29(34)11-8-12-30(28)35)32(40)22-39(25-15-13-23(36)14-16-25)45(42,43)27-19-17-26(18-20-27)44-4-2/h8,11-20,24,31H,3-7,9-10,21-22H2,1-2H3,(H,37,41). The molecule has 242 valence electrons. The van der Waals surface area contributed by atoms with Crippen LogP contribution in [0.4, 0.5) is 10.1 Å². The molecule has 45 heavy (non-hydrogen) atoms. The molecular weight excluding hydrogens is 640 g/mol. The lowest BCUT2D eigenvalue weighted by atomic mass is 9.95. The largest absolute Gasteiger partial charge is 0.494 e. The third kappa shape index (κ3) is 8.68. The van der Waals surface area contributed by atoms with Crippen molar-refractivity contribution in [1.82, 2.24) is 10.2 Å². The van der Waals surface area contributed by atoms with Crippen molar-refractivity contribution in [2.24, 2.45) is 0 Å². The first kappa shape index (κ1) is 34.5. The number of carbonyl (C=O) groups is 2. The minimum Gasteiger partial charge on any atom is -0.494 e. The maximum absolute atomic E-state index is 14.3. The summed E-state index contributed by atoms with van der Waals surface area (Å²) in [6, 6.07) is 14.6. The third-order valence-electron chi connectivity index (χ3n) is 7.84. The Morgan fingerprint density at radius 2 is 1.58 bits per heavy atom. The summed E-state index contributed by atoms with van der Waals surface area (Å²) < 4.78 is 48.4. The topological polar surface area (TPSA) is 96.0 Å². The summed E-state index contributed by atoms with van der Waals surface area (Å²) in [6.07, 6.45) is 5.09. The second-order valence-corrected chi connectivity index (χ2v) is 13.6. The lowest BCUT2D eigenvalue weighted by molar-refractivity contribution is -0.140. The summed E-state index contributed by atoms with van der Waals surface area (Å²) in [4.78, 5) is 29.2. The molecule has 3 aromatic carbocycles. The molecule has 1 saturated carbocycles. The van der Waals surface area contributed by atoms with Gasteiger partial charge in [0.2, 0.25) is 11.8 Å². The summed E-state index contributed by atoms with van der Waals surface area (Å²) in [7, 11) is -4.34. The van der Waals surface area contributed by atoms with Crippen molar-refractivity contribution < 1.29 is 27.1 Å². The molecule has 8 nitrogen and oxygen atoms in total. The van der Waals surface area contributed by atoms with Crippen LogP contribution < -0.4 is 14.4 Å². The van der Waals surface area contributed by atoms with Gasteiger partial charge in [-0.2, -0.15) is 0 Å². The van der Waals surface area contributed by atoms with E-state index in [1.54, 1.807) is 25.1 Å². The van der Waals surface area contributed by atoms with Crippen molar-refractivity contribution in [3.8, 4) is 5.75 Å². The summed E-state index contributed by atoms with van der Waals surface area (Å²) >= 11 is 13.0. The molecule has 0 heterocycles. The number of rotatable bonds is 13. The minimum absolute atomic E-state index is 0.00287. The fourth-order valence-corrected chi connectivity index (χ4v) is 7.39. The Bertz CT molecular complexity index is 1550. The zero-order chi connectivity index (χ0) is 32.6. The van der Waals surface area contributed by atoms with Crippen LogP contribution in [0, 0.1) is 5.82 Å². The second-order valence-electron chi connectivity index (χ2n) is 10.9. The molecule has 1 unspecified atom stereocenters. The van der Waals surface area contributed by atoms with Crippen LogP contribution in [-0.4, -0.2) is 50.4 Å². The van der Waals surface area contributed by atoms with E-state index in [1.807, 2.05) is 6.92 Å². The third-order valence-corrected chi connectivity index (χ3v) is 10.3. The van der Waals surface area contributed by atoms with Gasteiger partial charge >= 0.3 is 0 Å². The van der Waals surface area contributed by atoms with Gasteiger partial charge in [-0.1, -0.05) is 55.5 Å². The normalized spacial score (nSPS) is 14.4. The van der Waals surface area contributed by atoms with E-state index in [-0.39, 0.29) is 35.5 Å². The Kier molecular flexibility index (Phi) is 12.1. The highest BCUT2D eigenvalue weighted by atomic mass is 35.5. The van der Waals surface area contributed by atoms with Crippen LogP contribution in [0.1, 0.15) is 57.9 Å². The molecule has 0 spiro atoms. The highest BCUT2D eigenvalue weighted by molar-refractivity contribution is 7.92. The van der Waals surface area contributed by atoms with E-state index < -0.39 is 34.3 Å². The van der Waals surface area contributed by atoms with Gasteiger partial charge in [-0.25, -0.2) is 12.8 Å². The Labute approximate surface area is 274 Å². The lowest BCUT2D eigenvalue weighted by Gasteiger charge is -2.34. The SMILES string of the molecule is CCOc1ccc(S(=O)(=O)N(CC(=O)N(Cc2c(Cl)cccc2Cl)C(CC)C(=O)NC2CCCCC2)c2ccc(F)cc2)cc1. The number of nitrogens with one attached hydrogen (secondary N) is 1. The number of amides is 2.